The summed E-state index contributed by atoms with van der Waals surface area (Å²) < 4.78 is 0. The molecule has 1 aliphatic carbocycles. The Labute approximate surface area is 132 Å². The molecule has 21 heavy (non-hydrogen) atoms. The van der Waals surface area contributed by atoms with Crippen LogP contribution in [0.25, 0.3) is 0 Å². The summed E-state index contributed by atoms with van der Waals surface area (Å²) in [6.45, 7) is 0.577. The minimum Gasteiger partial charge on any atom is -0.386 e. The van der Waals surface area contributed by atoms with Gasteiger partial charge in [-0.05, 0) is 17.7 Å². The second-order valence-corrected chi connectivity index (χ2v) is 6.20. The molecule has 0 bridgehead atoms. The normalized spacial score (nSPS) is 22.1. The molecule has 0 fully saturated rings. The van der Waals surface area contributed by atoms with E-state index < -0.39 is 0 Å². The number of benzene rings is 1. The van der Waals surface area contributed by atoms with Crippen molar-refractivity contribution in [3.63, 3.8) is 0 Å². The number of amides is 1. The van der Waals surface area contributed by atoms with Gasteiger partial charge in [-0.3, -0.25) is 4.79 Å². The second-order valence-electron chi connectivity index (χ2n) is 4.61. The highest BCUT2D eigenvalue weighted by atomic mass is 35.5. The van der Waals surface area contributed by atoms with E-state index in [0.29, 0.717) is 16.5 Å². The van der Waals surface area contributed by atoms with Crippen molar-refractivity contribution in [2.75, 3.05) is 0 Å². The molecule has 1 aliphatic heterocycles. The van der Waals surface area contributed by atoms with Crippen LogP contribution in [0.3, 0.4) is 0 Å². The van der Waals surface area contributed by atoms with Gasteiger partial charge in [-0.1, -0.05) is 48.0 Å². The molecule has 1 aromatic carbocycles. The maximum absolute atomic E-state index is 12.0. The molecule has 0 saturated heterocycles. The molecule has 0 radical (unpaired) electrons. The smallest absolute Gasteiger partial charge is 0.285 e. The van der Waals surface area contributed by atoms with Gasteiger partial charge in [0, 0.05) is 17.8 Å². The monoisotopic (exact) mass is 316 g/mol. The molecule has 1 amide bonds. The average molecular weight is 317 g/mol. The van der Waals surface area contributed by atoms with E-state index in [1.807, 2.05) is 48.6 Å². The standard InChI is InChI=1S/C16H13ClN2OS/c17-12-6-2-1-5-11(12)9-18-10-15-16(20)19-13-7-3-4-8-14(13)21-15/h1-8,10,14,18H,9H2/b15-10+. The van der Waals surface area contributed by atoms with E-state index in [4.69, 9.17) is 11.6 Å². The van der Waals surface area contributed by atoms with E-state index in [0.717, 1.165) is 11.3 Å². The van der Waals surface area contributed by atoms with E-state index in [1.54, 1.807) is 6.20 Å². The number of carbonyl (C=O) groups excluding carboxylic acids is 1. The molecule has 1 unspecified atom stereocenters. The van der Waals surface area contributed by atoms with E-state index in [1.165, 1.54) is 11.8 Å². The van der Waals surface area contributed by atoms with Crippen molar-refractivity contribution in [3.8, 4) is 0 Å². The lowest BCUT2D eigenvalue weighted by molar-refractivity contribution is -0.113. The van der Waals surface area contributed by atoms with Gasteiger partial charge in [0.05, 0.1) is 15.9 Å². The quantitative estimate of drug-likeness (QED) is 0.868. The Morgan fingerprint density at radius 3 is 3.05 bits per heavy atom. The molecule has 0 spiro atoms. The first-order valence-electron chi connectivity index (χ1n) is 6.55. The van der Waals surface area contributed by atoms with E-state index in [9.17, 15) is 4.79 Å². The summed E-state index contributed by atoms with van der Waals surface area (Å²) in [4.78, 5) is 16.7. The highest BCUT2D eigenvalue weighted by Gasteiger charge is 2.25. The van der Waals surface area contributed by atoms with Gasteiger partial charge >= 0.3 is 0 Å². The van der Waals surface area contributed by atoms with Crippen molar-refractivity contribution in [2.45, 2.75) is 11.8 Å². The Morgan fingerprint density at radius 1 is 1.33 bits per heavy atom. The summed E-state index contributed by atoms with van der Waals surface area (Å²) >= 11 is 7.60. The molecule has 106 valence electrons. The van der Waals surface area contributed by atoms with Crippen LogP contribution >= 0.6 is 23.4 Å². The molecule has 1 N–H and O–H groups in total. The molecule has 5 heteroatoms. The van der Waals surface area contributed by atoms with Crippen molar-refractivity contribution in [1.29, 1.82) is 0 Å². The molecule has 0 saturated carbocycles. The topological polar surface area (TPSA) is 41.5 Å². The number of halogens is 1. The SMILES string of the molecule is O=C1N=C2C=CC=CC2S/C1=C/NCc1ccccc1Cl. The maximum Gasteiger partial charge on any atom is 0.285 e. The number of thioether (sulfide) groups is 1. The zero-order chi connectivity index (χ0) is 14.7. The third kappa shape index (κ3) is 3.28. The first-order chi connectivity index (χ1) is 10.2. The fourth-order valence-electron chi connectivity index (χ4n) is 2.06. The number of nitrogens with one attached hydrogen (secondary N) is 1. The van der Waals surface area contributed by atoms with Crippen LogP contribution in [-0.2, 0) is 11.3 Å². The van der Waals surface area contributed by atoms with Crippen molar-refractivity contribution in [2.24, 2.45) is 4.99 Å². The third-order valence-corrected chi connectivity index (χ3v) is 4.70. The molecule has 1 atom stereocenters. The van der Waals surface area contributed by atoms with Crippen molar-refractivity contribution >= 4 is 35.0 Å². The zero-order valence-corrected chi connectivity index (χ0v) is 12.7. The Kier molecular flexibility index (Phi) is 4.27. The minimum atomic E-state index is -0.196. The van der Waals surface area contributed by atoms with E-state index in [2.05, 4.69) is 10.3 Å². The van der Waals surface area contributed by atoms with Crippen LogP contribution in [0.15, 0.2) is 64.7 Å². The fraction of sp³-hybridized carbons (Fsp3) is 0.125. The lowest BCUT2D eigenvalue weighted by atomic mass is 10.1. The van der Waals surface area contributed by atoms with Gasteiger partial charge in [-0.25, -0.2) is 4.99 Å². The van der Waals surface area contributed by atoms with Gasteiger partial charge in [-0.2, -0.15) is 0 Å². The molecular formula is C16H13ClN2OS. The molecule has 0 aromatic heterocycles. The van der Waals surface area contributed by atoms with Gasteiger partial charge in [0.15, 0.2) is 0 Å². The van der Waals surface area contributed by atoms with Gasteiger partial charge in [-0.15, -0.1) is 11.8 Å². The number of nitrogens with zero attached hydrogens (tertiary/aromatic N) is 1. The number of hydrogen-bond donors (Lipinski definition) is 1. The Balaban J connectivity index is 1.69. The summed E-state index contributed by atoms with van der Waals surface area (Å²) in [7, 11) is 0. The number of allylic oxidation sites excluding steroid dienone is 3. The van der Waals surface area contributed by atoms with E-state index >= 15 is 0 Å². The first kappa shape index (κ1) is 14.2. The Bertz CT molecular complexity index is 691. The summed E-state index contributed by atoms with van der Waals surface area (Å²) in [6.07, 6.45) is 9.51. The number of fused-ring (bicyclic) bond motifs is 1. The number of aliphatic imine (C=N–C) groups is 1. The van der Waals surface area contributed by atoms with Gasteiger partial charge in [0.2, 0.25) is 0 Å². The van der Waals surface area contributed by atoms with Crippen LogP contribution < -0.4 is 5.32 Å². The molecule has 3 nitrogen and oxygen atoms in total. The summed E-state index contributed by atoms with van der Waals surface area (Å²) in [5, 5.41) is 3.98. The molecule has 3 rings (SSSR count). The van der Waals surface area contributed by atoms with Gasteiger partial charge in [0.1, 0.15) is 0 Å². The lowest BCUT2D eigenvalue weighted by Gasteiger charge is -2.20. The van der Waals surface area contributed by atoms with Crippen molar-refractivity contribution in [1.82, 2.24) is 5.32 Å². The highest BCUT2D eigenvalue weighted by molar-refractivity contribution is 8.05. The first-order valence-corrected chi connectivity index (χ1v) is 7.81. The average Bonchev–Trinajstić information content (AvgIpc) is 2.49. The Hall–Kier alpha value is -1.78. The van der Waals surface area contributed by atoms with Crippen LogP contribution in [-0.4, -0.2) is 16.9 Å². The Morgan fingerprint density at radius 2 is 2.19 bits per heavy atom. The predicted molar refractivity (Wildman–Crippen MR) is 88.5 cm³/mol. The number of hydrogen-bond acceptors (Lipinski definition) is 3. The fourth-order valence-corrected chi connectivity index (χ4v) is 3.26. The van der Waals surface area contributed by atoms with Crippen LogP contribution in [0.4, 0.5) is 0 Å². The van der Waals surface area contributed by atoms with Crippen LogP contribution in [0.1, 0.15) is 5.56 Å². The molecule has 1 heterocycles. The van der Waals surface area contributed by atoms with Gasteiger partial charge in [0.25, 0.3) is 5.91 Å². The summed E-state index contributed by atoms with van der Waals surface area (Å²) in [5.74, 6) is -0.196. The van der Waals surface area contributed by atoms with Gasteiger partial charge < -0.3 is 5.32 Å². The molecular weight excluding hydrogens is 304 g/mol. The number of rotatable bonds is 3. The van der Waals surface area contributed by atoms with Crippen molar-refractivity contribution in [3.05, 3.63) is 70.3 Å². The molecule has 1 aromatic rings. The zero-order valence-electron chi connectivity index (χ0n) is 11.1. The number of carbonyl (C=O) groups is 1. The third-order valence-electron chi connectivity index (χ3n) is 3.13. The lowest BCUT2D eigenvalue weighted by Crippen LogP contribution is -2.23. The predicted octanol–water partition coefficient (Wildman–Crippen LogP) is 3.48. The largest absolute Gasteiger partial charge is 0.386 e. The van der Waals surface area contributed by atoms with Crippen LogP contribution in [0, 0.1) is 0 Å². The van der Waals surface area contributed by atoms with Crippen LogP contribution in [0.5, 0.6) is 0 Å². The summed E-state index contributed by atoms with van der Waals surface area (Å²) in [6, 6.07) is 7.63. The minimum absolute atomic E-state index is 0.126. The molecule has 2 aliphatic rings. The van der Waals surface area contributed by atoms with Crippen LogP contribution in [0.2, 0.25) is 5.02 Å². The van der Waals surface area contributed by atoms with Crippen molar-refractivity contribution < 1.29 is 4.79 Å². The summed E-state index contributed by atoms with van der Waals surface area (Å²) in [5.41, 5.74) is 1.81. The maximum atomic E-state index is 12.0. The highest BCUT2D eigenvalue weighted by Crippen LogP contribution is 2.31. The van der Waals surface area contributed by atoms with E-state index in [-0.39, 0.29) is 11.2 Å². The second kappa shape index (κ2) is 6.33.